The number of nitrogens with zero attached hydrogens (tertiary/aromatic N) is 2. The van der Waals surface area contributed by atoms with Crippen LogP contribution in [0.15, 0.2) is 36.8 Å². The van der Waals surface area contributed by atoms with Crippen molar-refractivity contribution in [3.8, 4) is 5.75 Å². The van der Waals surface area contributed by atoms with Crippen LogP contribution in [0.1, 0.15) is 18.2 Å². The molecule has 4 nitrogen and oxygen atoms in total. The second kappa shape index (κ2) is 6.21. The molecule has 0 saturated heterocycles. The fraction of sp³-hybridized carbons (Fsp3) is 0.357. The van der Waals surface area contributed by atoms with Gasteiger partial charge in [0.2, 0.25) is 0 Å². The highest BCUT2D eigenvalue weighted by molar-refractivity contribution is 5.33. The van der Waals surface area contributed by atoms with Crippen molar-refractivity contribution in [2.75, 3.05) is 13.7 Å². The Morgan fingerprint density at radius 3 is 2.94 bits per heavy atom. The van der Waals surface area contributed by atoms with Crippen LogP contribution >= 0.6 is 0 Å². The molecule has 1 aromatic heterocycles. The van der Waals surface area contributed by atoms with Gasteiger partial charge in [-0.3, -0.25) is 0 Å². The second-order valence-electron chi connectivity index (χ2n) is 4.11. The molecule has 0 aliphatic heterocycles. The van der Waals surface area contributed by atoms with Gasteiger partial charge in [-0.15, -0.1) is 0 Å². The number of ether oxygens (including phenoxy) is 1. The van der Waals surface area contributed by atoms with Crippen LogP contribution in [0.2, 0.25) is 0 Å². The van der Waals surface area contributed by atoms with Crippen molar-refractivity contribution < 1.29 is 4.74 Å². The molecule has 2 rings (SSSR count). The molecule has 0 bridgehead atoms. The zero-order chi connectivity index (χ0) is 12.8. The van der Waals surface area contributed by atoms with Crippen LogP contribution in [0.25, 0.3) is 0 Å². The summed E-state index contributed by atoms with van der Waals surface area (Å²) < 4.78 is 7.51. The van der Waals surface area contributed by atoms with E-state index in [0.717, 1.165) is 30.9 Å². The highest BCUT2D eigenvalue weighted by Crippen LogP contribution is 2.19. The van der Waals surface area contributed by atoms with Gasteiger partial charge in [-0.05, 0) is 12.6 Å². The zero-order valence-corrected chi connectivity index (χ0v) is 10.9. The third-order valence-electron chi connectivity index (χ3n) is 2.89. The van der Waals surface area contributed by atoms with Gasteiger partial charge in [0.05, 0.1) is 25.7 Å². The molecule has 0 spiro atoms. The SMILES string of the molecule is CCNCc1cncn1Cc1ccccc1OC. The Hall–Kier alpha value is -1.81. The molecular formula is C14H19N3O. The van der Waals surface area contributed by atoms with Crippen LogP contribution in [-0.2, 0) is 13.1 Å². The third-order valence-corrected chi connectivity index (χ3v) is 2.89. The van der Waals surface area contributed by atoms with Crippen LogP contribution in [-0.4, -0.2) is 23.2 Å². The van der Waals surface area contributed by atoms with Crippen LogP contribution in [0.4, 0.5) is 0 Å². The van der Waals surface area contributed by atoms with Crippen molar-refractivity contribution in [1.29, 1.82) is 0 Å². The van der Waals surface area contributed by atoms with E-state index >= 15 is 0 Å². The molecule has 0 saturated carbocycles. The van der Waals surface area contributed by atoms with Crippen molar-refractivity contribution in [2.24, 2.45) is 0 Å². The topological polar surface area (TPSA) is 39.1 Å². The van der Waals surface area contributed by atoms with E-state index in [9.17, 15) is 0 Å². The van der Waals surface area contributed by atoms with Gasteiger partial charge in [0, 0.05) is 18.3 Å². The predicted molar refractivity (Wildman–Crippen MR) is 71.7 cm³/mol. The number of methoxy groups -OCH3 is 1. The maximum Gasteiger partial charge on any atom is 0.123 e. The van der Waals surface area contributed by atoms with Crippen molar-refractivity contribution >= 4 is 0 Å². The lowest BCUT2D eigenvalue weighted by Gasteiger charge is -2.11. The summed E-state index contributed by atoms with van der Waals surface area (Å²) in [4.78, 5) is 4.21. The van der Waals surface area contributed by atoms with E-state index in [1.54, 1.807) is 7.11 Å². The molecule has 1 N–H and O–H groups in total. The summed E-state index contributed by atoms with van der Waals surface area (Å²) in [6, 6.07) is 8.07. The van der Waals surface area contributed by atoms with E-state index < -0.39 is 0 Å². The molecule has 1 heterocycles. The van der Waals surface area contributed by atoms with E-state index in [2.05, 4.69) is 27.9 Å². The molecule has 0 fully saturated rings. The quantitative estimate of drug-likeness (QED) is 0.846. The van der Waals surface area contributed by atoms with Gasteiger partial charge in [0.1, 0.15) is 5.75 Å². The third kappa shape index (κ3) is 2.90. The maximum atomic E-state index is 5.37. The molecule has 18 heavy (non-hydrogen) atoms. The van der Waals surface area contributed by atoms with Crippen LogP contribution < -0.4 is 10.1 Å². The van der Waals surface area contributed by atoms with Crippen LogP contribution in [0.5, 0.6) is 5.75 Å². The Bertz CT molecular complexity index is 493. The lowest BCUT2D eigenvalue weighted by atomic mass is 10.2. The summed E-state index contributed by atoms with van der Waals surface area (Å²) in [7, 11) is 1.70. The second-order valence-corrected chi connectivity index (χ2v) is 4.11. The van der Waals surface area contributed by atoms with Gasteiger partial charge in [-0.2, -0.15) is 0 Å². The fourth-order valence-corrected chi connectivity index (χ4v) is 1.91. The lowest BCUT2D eigenvalue weighted by Crippen LogP contribution is -2.15. The smallest absolute Gasteiger partial charge is 0.123 e. The van der Waals surface area contributed by atoms with Gasteiger partial charge >= 0.3 is 0 Å². The first-order chi connectivity index (χ1) is 8.85. The number of rotatable bonds is 6. The standard InChI is InChI=1S/C14H19N3O/c1-3-15-8-13-9-16-11-17(13)10-12-6-4-5-7-14(12)18-2/h4-7,9,11,15H,3,8,10H2,1-2H3. The monoisotopic (exact) mass is 245 g/mol. The average Bonchev–Trinajstić information content (AvgIpc) is 2.84. The summed E-state index contributed by atoms with van der Waals surface area (Å²) in [6.07, 6.45) is 3.76. The molecule has 0 atom stereocenters. The van der Waals surface area contributed by atoms with Crippen LogP contribution in [0, 0.1) is 0 Å². The molecule has 4 heteroatoms. The molecule has 96 valence electrons. The fourth-order valence-electron chi connectivity index (χ4n) is 1.91. The van der Waals surface area contributed by atoms with E-state index in [1.807, 2.05) is 30.7 Å². The van der Waals surface area contributed by atoms with Crippen molar-refractivity contribution in [3.63, 3.8) is 0 Å². The number of para-hydroxylation sites is 1. The zero-order valence-electron chi connectivity index (χ0n) is 10.9. The number of imidazole rings is 1. The van der Waals surface area contributed by atoms with E-state index in [4.69, 9.17) is 4.74 Å². The Kier molecular flexibility index (Phi) is 4.36. The van der Waals surface area contributed by atoms with Crippen molar-refractivity contribution in [2.45, 2.75) is 20.0 Å². The minimum absolute atomic E-state index is 0.782. The molecule has 0 unspecified atom stereocenters. The summed E-state index contributed by atoms with van der Waals surface area (Å²) in [5.74, 6) is 0.917. The largest absolute Gasteiger partial charge is 0.496 e. The van der Waals surface area contributed by atoms with Gasteiger partial charge in [-0.1, -0.05) is 25.1 Å². The van der Waals surface area contributed by atoms with Crippen LogP contribution in [0.3, 0.4) is 0 Å². The van der Waals surface area contributed by atoms with Gasteiger partial charge < -0.3 is 14.6 Å². The van der Waals surface area contributed by atoms with Crippen molar-refractivity contribution in [1.82, 2.24) is 14.9 Å². The first-order valence-electron chi connectivity index (χ1n) is 6.16. The Morgan fingerprint density at radius 1 is 1.33 bits per heavy atom. The molecule has 0 aliphatic rings. The normalized spacial score (nSPS) is 10.6. The summed E-state index contributed by atoms with van der Waals surface area (Å²) in [5, 5.41) is 3.31. The number of nitrogens with one attached hydrogen (secondary N) is 1. The lowest BCUT2D eigenvalue weighted by molar-refractivity contribution is 0.408. The Labute approximate surface area is 108 Å². The van der Waals surface area contributed by atoms with E-state index in [1.165, 1.54) is 5.69 Å². The Morgan fingerprint density at radius 2 is 2.17 bits per heavy atom. The molecule has 0 amide bonds. The number of aromatic nitrogens is 2. The van der Waals surface area contributed by atoms with Gasteiger partial charge in [-0.25, -0.2) is 4.98 Å². The summed E-state index contributed by atoms with van der Waals surface area (Å²) in [5.41, 5.74) is 2.35. The first kappa shape index (κ1) is 12.6. The van der Waals surface area contributed by atoms with Gasteiger partial charge in [0.25, 0.3) is 0 Å². The highest BCUT2D eigenvalue weighted by Gasteiger charge is 2.06. The summed E-state index contributed by atoms with van der Waals surface area (Å²) in [6.45, 7) is 4.68. The number of hydrogen-bond acceptors (Lipinski definition) is 3. The van der Waals surface area contributed by atoms with E-state index in [0.29, 0.717) is 0 Å². The average molecular weight is 245 g/mol. The van der Waals surface area contributed by atoms with Crippen molar-refractivity contribution in [3.05, 3.63) is 48.0 Å². The highest BCUT2D eigenvalue weighted by atomic mass is 16.5. The minimum atomic E-state index is 0.782. The van der Waals surface area contributed by atoms with E-state index in [-0.39, 0.29) is 0 Å². The molecule has 2 aromatic rings. The first-order valence-corrected chi connectivity index (χ1v) is 6.16. The molecular weight excluding hydrogens is 226 g/mol. The molecule has 0 radical (unpaired) electrons. The number of benzene rings is 1. The molecule has 1 aromatic carbocycles. The summed E-state index contributed by atoms with van der Waals surface area (Å²) >= 11 is 0. The van der Waals surface area contributed by atoms with Gasteiger partial charge in [0.15, 0.2) is 0 Å². The number of hydrogen-bond donors (Lipinski definition) is 1. The minimum Gasteiger partial charge on any atom is -0.496 e. The maximum absolute atomic E-state index is 5.37. The Balaban J connectivity index is 2.15. The molecule has 0 aliphatic carbocycles. The predicted octanol–water partition coefficient (Wildman–Crippen LogP) is 2.05.